The Kier molecular flexibility index (Phi) is 8.87. The van der Waals surface area contributed by atoms with Crippen LogP contribution < -0.4 is 16.8 Å². The van der Waals surface area contributed by atoms with Crippen molar-refractivity contribution in [2.24, 2.45) is 10.9 Å². The van der Waals surface area contributed by atoms with Gasteiger partial charge in [0.1, 0.15) is 29.9 Å². The minimum atomic E-state index is -0.987. The second-order valence-electron chi connectivity index (χ2n) is 9.27. The summed E-state index contributed by atoms with van der Waals surface area (Å²) in [5.41, 5.74) is 12.8. The van der Waals surface area contributed by atoms with Crippen LogP contribution in [0.25, 0.3) is 0 Å². The highest BCUT2D eigenvalue weighted by molar-refractivity contribution is 8.00. The van der Waals surface area contributed by atoms with Crippen LogP contribution in [0.2, 0.25) is 0 Å². The molecule has 0 aliphatic carbocycles. The van der Waals surface area contributed by atoms with Gasteiger partial charge in [-0.25, -0.2) is 9.78 Å². The summed E-state index contributed by atoms with van der Waals surface area (Å²) in [6.07, 6.45) is 1.74. The maximum absolute atomic E-state index is 13.9. The number of hydrogen-bond acceptors (Lipinski definition) is 11. The first-order valence-corrected chi connectivity index (χ1v) is 14.8. The van der Waals surface area contributed by atoms with Crippen molar-refractivity contribution in [1.82, 2.24) is 15.2 Å². The average molecular weight is 619 g/mol. The van der Waals surface area contributed by atoms with Crippen LogP contribution in [0, 0.1) is 0 Å². The summed E-state index contributed by atoms with van der Waals surface area (Å²) in [4.78, 5) is 62.2. The molecule has 2 atom stereocenters. The summed E-state index contributed by atoms with van der Waals surface area (Å²) in [6.45, 7) is 0. The van der Waals surface area contributed by atoms with Gasteiger partial charge in [0.25, 0.3) is 11.8 Å². The molecule has 2 aliphatic rings. The Morgan fingerprint density at radius 1 is 1.12 bits per heavy atom. The number of carbonyl (C=O) groups excluding carboxylic acids is 4. The van der Waals surface area contributed by atoms with Gasteiger partial charge in [0.15, 0.2) is 16.9 Å². The summed E-state index contributed by atoms with van der Waals surface area (Å²) in [5, 5.41) is 7.57. The number of amides is 3. The average Bonchev–Trinajstić information content (AvgIpc) is 3.45. The molecule has 1 fully saturated rings. The molecular formula is C29H26N6O6S2. The van der Waals surface area contributed by atoms with Gasteiger partial charge >= 0.3 is 5.97 Å². The number of thiazole rings is 1. The van der Waals surface area contributed by atoms with E-state index in [-0.39, 0.29) is 28.0 Å². The number of fused-ring (bicyclic) bond motifs is 1. The van der Waals surface area contributed by atoms with Gasteiger partial charge in [0.05, 0.1) is 0 Å². The molecule has 1 saturated heterocycles. The van der Waals surface area contributed by atoms with Crippen LogP contribution in [-0.4, -0.2) is 63.6 Å². The number of β-lactam (4-membered cyclic amide) rings is 1. The predicted octanol–water partition coefficient (Wildman–Crippen LogP) is 2.10. The Balaban J connectivity index is 1.43. The number of oxime groups is 1. The van der Waals surface area contributed by atoms with Gasteiger partial charge in [-0.2, -0.15) is 0 Å². The molecule has 0 radical (unpaired) electrons. The molecule has 5 N–H and O–H groups in total. The second kappa shape index (κ2) is 12.9. The first kappa shape index (κ1) is 29.5. The normalized spacial score (nSPS) is 18.3. The number of esters is 1. The SMILES string of the molecule is CON=C(C(=O)N[C@@H]1C(=O)N2C(C(=O)OC(c3ccccc3)c3ccccc3)=C(/C=C/C(N)=O)CS[C@H]12)c1csc(N)n1. The van der Waals surface area contributed by atoms with Crippen LogP contribution in [0.1, 0.15) is 22.9 Å². The zero-order chi connectivity index (χ0) is 30.5. The third-order valence-corrected chi connectivity index (χ3v) is 8.49. The predicted molar refractivity (Wildman–Crippen MR) is 161 cm³/mol. The molecule has 0 bridgehead atoms. The fourth-order valence-corrected chi connectivity index (χ4v) is 6.46. The number of nitrogens with one attached hydrogen (secondary N) is 1. The number of allylic oxidation sites excluding steroid dienone is 1. The van der Waals surface area contributed by atoms with E-state index >= 15 is 0 Å². The van der Waals surface area contributed by atoms with E-state index in [0.29, 0.717) is 5.57 Å². The number of thioether (sulfide) groups is 1. The number of nitrogen functional groups attached to an aromatic ring is 1. The van der Waals surface area contributed by atoms with E-state index in [1.165, 1.54) is 29.8 Å². The minimum Gasteiger partial charge on any atom is -0.448 e. The van der Waals surface area contributed by atoms with Crippen molar-refractivity contribution in [3.8, 4) is 0 Å². The molecule has 1 aromatic heterocycles. The maximum atomic E-state index is 13.9. The van der Waals surface area contributed by atoms with E-state index in [2.05, 4.69) is 15.5 Å². The number of primary amides is 1. The lowest BCUT2D eigenvalue weighted by molar-refractivity contribution is -0.154. The molecule has 0 unspecified atom stereocenters. The highest BCUT2D eigenvalue weighted by Crippen LogP contribution is 2.42. The molecule has 3 heterocycles. The van der Waals surface area contributed by atoms with E-state index < -0.39 is 41.2 Å². The lowest BCUT2D eigenvalue weighted by atomic mass is 10.0. The monoisotopic (exact) mass is 618 g/mol. The van der Waals surface area contributed by atoms with E-state index in [0.717, 1.165) is 28.5 Å². The van der Waals surface area contributed by atoms with Crippen molar-refractivity contribution < 1.29 is 28.8 Å². The van der Waals surface area contributed by atoms with Crippen LogP contribution in [0.15, 0.2) is 94.6 Å². The lowest BCUT2D eigenvalue weighted by Gasteiger charge is -2.49. The van der Waals surface area contributed by atoms with E-state index in [4.69, 9.17) is 21.0 Å². The first-order valence-electron chi connectivity index (χ1n) is 12.9. The van der Waals surface area contributed by atoms with Crippen LogP contribution in [0.3, 0.4) is 0 Å². The standard InChI is InChI=1S/C29H26N6O6S2/c1-40-34-21(19-15-43-29(31)32-19)25(37)33-22-26(38)35-23(18(12-13-20(30)36)14-42-27(22)35)28(39)41-24(16-8-4-2-5-9-16)17-10-6-3-7-11-17/h2-13,15,22,24,27H,14H2,1H3,(H2,30,36)(H2,31,32)(H,33,37)/b13-12+,34-21?/t22-,27-/m1/s1. The molecule has 0 spiro atoms. The summed E-state index contributed by atoms with van der Waals surface area (Å²) in [6, 6.07) is 17.4. The smallest absolute Gasteiger partial charge is 0.356 e. The van der Waals surface area contributed by atoms with Crippen molar-refractivity contribution in [1.29, 1.82) is 0 Å². The van der Waals surface area contributed by atoms with Gasteiger partial charge in [0, 0.05) is 17.2 Å². The number of benzene rings is 2. The lowest BCUT2D eigenvalue weighted by Crippen LogP contribution is -2.71. The molecule has 3 aromatic rings. The van der Waals surface area contributed by atoms with Gasteiger partial charge in [-0.15, -0.1) is 23.1 Å². The molecule has 2 aliphatic heterocycles. The summed E-state index contributed by atoms with van der Waals surface area (Å²) >= 11 is 2.42. The molecule has 5 rings (SSSR count). The molecule has 43 heavy (non-hydrogen) atoms. The summed E-state index contributed by atoms with van der Waals surface area (Å²) < 4.78 is 6.05. The van der Waals surface area contributed by atoms with Crippen molar-refractivity contribution in [3.63, 3.8) is 0 Å². The molecule has 220 valence electrons. The number of hydrogen-bond donors (Lipinski definition) is 3. The van der Waals surface area contributed by atoms with E-state index in [1.807, 2.05) is 60.7 Å². The quantitative estimate of drug-likeness (QED) is 0.101. The molecule has 0 saturated carbocycles. The third kappa shape index (κ3) is 6.29. The summed E-state index contributed by atoms with van der Waals surface area (Å²) in [7, 11) is 1.28. The number of carbonyl (C=O) groups is 4. The van der Waals surface area contributed by atoms with Gasteiger partial charge in [0.2, 0.25) is 5.91 Å². The topological polar surface area (TPSA) is 179 Å². The molecule has 2 aromatic carbocycles. The van der Waals surface area contributed by atoms with Gasteiger partial charge in [-0.1, -0.05) is 71.9 Å². The van der Waals surface area contributed by atoms with Gasteiger partial charge in [-0.3, -0.25) is 19.3 Å². The van der Waals surface area contributed by atoms with Crippen molar-refractivity contribution >= 4 is 57.6 Å². The second-order valence-corrected chi connectivity index (χ2v) is 11.3. The van der Waals surface area contributed by atoms with Crippen molar-refractivity contribution in [2.45, 2.75) is 17.5 Å². The number of nitrogens with two attached hydrogens (primary N) is 2. The van der Waals surface area contributed by atoms with Crippen LogP contribution in [-0.2, 0) is 28.8 Å². The Hall–Kier alpha value is -4.95. The summed E-state index contributed by atoms with van der Waals surface area (Å²) in [5.74, 6) is -2.51. The first-order chi connectivity index (χ1) is 20.8. The molecular weight excluding hydrogens is 592 g/mol. The Bertz CT molecular complexity index is 1600. The van der Waals surface area contributed by atoms with Crippen LogP contribution in [0.5, 0.6) is 0 Å². The molecule has 3 amide bonds. The number of rotatable bonds is 10. The molecule has 14 heteroatoms. The number of ether oxygens (including phenoxy) is 1. The minimum absolute atomic E-state index is 0.0355. The van der Waals surface area contributed by atoms with Crippen LogP contribution in [0.4, 0.5) is 5.13 Å². The van der Waals surface area contributed by atoms with Gasteiger partial charge in [-0.05, 0) is 16.7 Å². The molecule has 12 nitrogen and oxygen atoms in total. The maximum Gasteiger partial charge on any atom is 0.356 e. The Labute approximate surface area is 254 Å². The van der Waals surface area contributed by atoms with Crippen molar-refractivity contribution in [2.75, 3.05) is 18.6 Å². The number of anilines is 1. The number of nitrogens with zero attached hydrogens (tertiary/aromatic N) is 3. The fourth-order valence-electron chi connectivity index (χ4n) is 4.59. The third-order valence-electron chi connectivity index (χ3n) is 6.52. The zero-order valence-electron chi connectivity index (χ0n) is 22.7. The highest BCUT2D eigenvalue weighted by atomic mass is 32.2. The Morgan fingerprint density at radius 2 is 1.77 bits per heavy atom. The van der Waals surface area contributed by atoms with Crippen molar-refractivity contribution in [3.05, 3.63) is 106 Å². The zero-order valence-corrected chi connectivity index (χ0v) is 24.3. The highest BCUT2D eigenvalue weighted by Gasteiger charge is 2.54. The van der Waals surface area contributed by atoms with Crippen LogP contribution >= 0.6 is 23.1 Å². The fraction of sp³-hybridized carbons (Fsp3) is 0.172. The van der Waals surface area contributed by atoms with E-state index in [1.54, 1.807) is 5.38 Å². The Morgan fingerprint density at radius 3 is 2.33 bits per heavy atom. The largest absolute Gasteiger partial charge is 0.448 e. The van der Waals surface area contributed by atoms with E-state index in [9.17, 15) is 19.2 Å². The number of aromatic nitrogens is 1. The van der Waals surface area contributed by atoms with Gasteiger partial charge < -0.3 is 26.4 Å².